The Balaban J connectivity index is 0.000000268. The quantitative estimate of drug-likeness (QED) is 0.0324. The Morgan fingerprint density at radius 1 is 0.380 bits per heavy atom. The van der Waals surface area contributed by atoms with Crippen LogP contribution in [0.15, 0.2) is 94.7 Å². The Hall–Kier alpha value is -7.18. The van der Waals surface area contributed by atoms with E-state index in [0.29, 0.717) is 22.0 Å². The summed E-state index contributed by atoms with van der Waals surface area (Å²) in [6.45, 7) is 2.48. The lowest BCUT2D eigenvalue weighted by molar-refractivity contribution is 0.102. The minimum absolute atomic E-state index is 0.0605. The molecule has 25 heteroatoms. The molecule has 372 valence electrons. The van der Waals surface area contributed by atoms with Crippen molar-refractivity contribution in [2.75, 3.05) is 12.4 Å². The molecule has 7 rings (SSSR count). The average Bonchev–Trinajstić information content (AvgIpc) is 3.37. The molecule has 0 amide bonds. The van der Waals surface area contributed by atoms with Crippen molar-refractivity contribution in [1.82, 2.24) is 0 Å². The van der Waals surface area contributed by atoms with Crippen LogP contribution in [0, 0.1) is 116 Å². The molecule has 3 nitrogen and oxygen atoms in total. The molecule has 0 aliphatic carbocycles. The van der Waals surface area contributed by atoms with Crippen molar-refractivity contribution in [3.05, 3.63) is 207 Å². The first kappa shape index (κ1) is 53.2. The van der Waals surface area contributed by atoms with E-state index in [1.54, 1.807) is 24.3 Å². The third kappa shape index (κ3) is 8.77. The number of rotatable bonds is 11. The van der Waals surface area contributed by atoms with Crippen LogP contribution >= 0.6 is 0 Å². The third-order valence-corrected chi connectivity index (χ3v) is 13.5. The van der Waals surface area contributed by atoms with Crippen LogP contribution in [-0.2, 0) is 14.1 Å². The van der Waals surface area contributed by atoms with Crippen LogP contribution in [0.5, 0.6) is 5.75 Å². The first-order chi connectivity index (χ1) is 33.3. The van der Waals surface area contributed by atoms with E-state index in [1.165, 1.54) is 0 Å². The van der Waals surface area contributed by atoms with Gasteiger partial charge in [0.1, 0.15) is 58.4 Å². The van der Waals surface area contributed by atoms with Crippen molar-refractivity contribution >= 4 is 43.7 Å². The Labute approximate surface area is 386 Å². The van der Waals surface area contributed by atoms with Gasteiger partial charge < -0.3 is 4.74 Å². The summed E-state index contributed by atoms with van der Waals surface area (Å²) in [6, 6.07) is 25.4. The van der Waals surface area contributed by atoms with Crippen LogP contribution in [0.1, 0.15) is 17.3 Å². The van der Waals surface area contributed by atoms with Crippen molar-refractivity contribution < 1.29 is 102 Å². The van der Waals surface area contributed by atoms with E-state index in [-0.39, 0.29) is 11.5 Å². The van der Waals surface area contributed by atoms with E-state index in [1.807, 2.05) is 67.6 Å². The summed E-state index contributed by atoms with van der Waals surface area (Å²) in [5, 5.41) is 0. The molecule has 7 aromatic carbocycles. The second kappa shape index (κ2) is 20.3. The zero-order valence-corrected chi connectivity index (χ0v) is 35.6. The molecule has 0 heterocycles. The summed E-state index contributed by atoms with van der Waals surface area (Å²) in [5.74, 6) is -70.9. The Kier molecular flexibility index (Phi) is 15.2. The van der Waals surface area contributed by atoms with Crippen LogP contribution in [0.2, 0.25) is 0 Å². The smallest absolute Gasteiger partial charge is 0.212 e. The summed E-state index contributed by atoms with van der Waals surface area (Å²) in [7, 11) is -2.69. The Morgan fingerprint density at radius 3 is 0.859 bits per heavy atom. The SMILES string of the molecule is CCOc1ccc(C(=O)C[S+](=O)(c2ccccc2)c2ccccc2)cc1.Fc1c(F)c(F)c([B-](c2c(F)c(F)c(F)c(F)c2F)(c2c(F)c(F)c(F)c(F)c2F)c2c(F)c(F)c(F)c(F)c2F)c(F)c1F. The molecule has 0 saturated carbocycles. The van der Waals surface area contributed by atoms with Gasteiger partial charge >= 0.3 is 0 Å². The molecule has 7 aromatic rings. The lowest BCUT2D eigenvalue weighted by atomic mass is 9.12. The highest BCUT2D eigenvalue weighted by Crippen LogP contribution is 2.33. The Bertz CT molecular complexity index is 2860. The van der Waals surface area contributed by atoms with Crippen LogP contribution in [0.4, 0.5) is 87.8 Å². The number of hydrogen-bond acceptors (Lipinski definition) is 3. The lowest BCUT2D eigenvalue weighted by Crippen LogP contribution is -2.81. The van der Waals surface area contributed by atoms with Gasteiger partial charge in [-0.3, -0.25) is 4.79 Å². The largest absolute Gasteiger partial charge is 0.494 e. The molecular weight excluding hydrogens is 1020 g/mol. The van der Waals surface area contributed by atoms with E-state index in [9.17, 15) is 61.7 Å². The predicted octanol–water partition coefficient (Wildman–Crippen LogP) is 10.7. The van der Waals surface area contributed by atoms with Gasteiger partial charge in [-0.15, -0.1) is 21.9 Å². The third-order valence-electron chi connectivity index (χ3n) is 10.8. The van der Waals surface area contributed by atoms with Gasteiger partial charge in [-0.25, -0.2) is 87.8 Å². The molecule has 0 radical (unpaired) electrons. The molecule has 0 unspecified atom stereocenters. The highest BCUT2D eigenvalue weighted by molar-refractivity contribution is 8.03. The van der Waals surface area contributed by atoms with Crippen molar-refractivity contribution in [2.45, 2.75) is 16.7 Å². The summed E-state index contributed by atoms with van der Waals surface area (Å²) in [6.07, 6.45) is -7.22. The normalized spacial score (nSPS) is 11.7. The number of Topliss-reactive ketones (excluding diaryl/α,β-unsaturated/α-hetero) is 1. The van der Waals surface area contributed by atoms with Gasteiger partial charge in [0.25, 0.3) is 0 Å². The van der Waals surface area contributed by atoms with Crippen molar-refractivity contribution in [1.29, 1.82) is 0 Å². The van der Waals surface area contributed by atoms with Crippen LogP contribution in [0.3, 0.4) is 0 Å². The highest BCUT2D eigenvalue weighted by atomic mass is 32.2. The summed E-state index contributed by atoms with van der Waals surface area (Å²) in [5.41, 5.74) is -13.8. The molecule has 0 spiro atoms. The van der Waals surface area contributed by atoms with Crippen molar-refractivity contribution in [2.24, 2.45) is 0 Å². The fourth-order valence-electron chi connectivity index (χ4n) is 7.63. The molecule has 0 fully saturated rings. The van der Waals surface area contributed by atoms with E-state index >= 15 is 35.1 Å². The number of carbonyl (C=O) groups excluding carboxylic acids is 1. The van der Waals surface area contributed by atoms with Gasteiger partial charge in [0.05, 0.1) is 6.61 Å². The molecule has 0 aromatic heterocycles. The van der Waals surface area contributed by atoms with Gasteiger partial charge in [-0.1, -0.05) is 40.6 Å². The molecule has 0 saturated heterocycles. The first-order valence-electron chi connectivity index (χ1n) is 19.4. The summed E-state index contributed by atoms with van der Waals surface area (Å²) < 4.78 is 313. The predicted molar refractivity (Wildman–Crippen MR) is 213 cm³/mol. The molecule has 0 atom stereocenters. The highest BCUT2D eigenvalue weighted by Gasteiger charge is 2.52. The molecule has 0 bridgehead atoms. The second-order valence-corrected chi connectivity index (χ2v) is 17.2. The monoisotopic (exact) mass is 1040 g/mol. The maximum Gasteiger partial charge on any atom is 0.212 e. The van der Waals surface area contributed by atoms with Gasteiger partial charge in [-0.2, -0.15) is 0 Å². The molecular formula is C46H21BF20O3S. The number of benzene rings is 7. The Morgan fingerprint density at radius 2 is 0.620 bits per heavy atom. The first-order valence-corrected chi connectivity index (χ1v) is 21.2. The maximum absolute atomic E-state index is 15.4. The van der Waals surface area contributed by atoms with Crippen LogP contribution < -0.4 is 26.6 Å². The summed E-state index contributed by atoms with van der Waals surface area (Å²) >= 11 is 0. The fraction of sp³-hybridized carbons (Fsp3) is 0.0652. The van der Waals surface area contributed by atoms with Crippen LogP contribution in [0.25, 0.3) is 0 Å². The average molecular weight is 1040 g/mol. The van der Waals surface area contributed by atoms with Crippen LogP contribution in [-0.4, -0.2) is 24.3 Å². The number of ether oxygens (including phenoxy) is 1. The molecule has 0 aliphatic heterocycles. The topological polar surface area (TPSA) is 43.4 Å². The minimum atomic E-state index is -7.22. The van der Waals surface area contributed by atoms with Crippen molar-refractivity contribution in [3.63, 3.8) is 0 Å². The van der Waals surface area contributed by atoms with E-state index in [4.69, 9.17) is 4.74 Å². The van der Waals surface area contributed by atoms with Gasteiger partial charge in [-0.05, 0) is 55.5 Å². The second-order valence-electron chi connectivity index (χ2n) is 14.6. The zero-order chi connectivity index (χ0) is 52.8. The van der Waals surface area contributed by atoms with Gasteiger partial charge in [0.2, 0.25) is 5.78 Å². The number of hydrogen-bond donors (Lipinski definition) is 0. The van der Waals surface area contributed by atoms with E-state index < -0.39 is 154 Å². The number of ketones is 1. The molecule has 0 N–H and O–H groups in total. The summed E-state index contributed by atoms with van der Waals surface area (Å²) in [4.78, 5) is 14.2. The molecule has 0 aliphatic rings. The standard InChI is InChI=1S/C24BF20.C22H21O3S/c26-5-1(6(27)14(35)21(42)13(5)34)25(2-7(28)15(36)22(43)16(37)8(2)29,3-9(30)17(38)23(44)18(39)10(3)31)4-11(32)19(40)24(45)20(41)12(4)33;1-2-25-19-15-13-18(14-16-19)22(23)17-26(24,20-9-5-3-6-10-20)21-11-7-4-8-12-21/h;3-16H,2,17H2,1H3/q-1;+1. The van der Waals surface area contributed by atoms with E-state index in [0.717, 1.165) is 5.75 Å². The number of carbonyl (C=O) groups is 1. The maximum atomic E-state index is 15.4. The minimum Gasteiger partial charge on any atom is -0.494 e. The van der Waals surface area contributed by atoms with Gasteiger partial charge in [0, 0.05) is 5.56 Å². The molecule has 71 heavy (non-hydrogen) atoms. The zero-order valence-electron chi connectivity index (χ0n) is 34.8. The fourth-order valence-corrected chi connectivity index (χ4v) is 9.96. The van der Waals surface area contributed by atoms with Crippen molar-refractivity contribution in [3.8, 4) is 5.75 Å². The lowest BCUT2D eigenvalue weighted by Gasteiger charge is -2.44. The number of halogens is 20. The van der Waals surface area contributed by atoms with E-state index in [2.05, 4.69) is 0 Å². The van der Waals surface area contributed by atoms with Gasteiger partial charge in [0.15, 0.2) is 95.3 Å².